The van der Waals surface area contributed by atoms with E-state index < -0.39 is 12.2 Å². The van der Waals surface area contributed by atoms with E-state index in [-0.39, 0.29) is 41.1 Å². The van der Waals surface area contributed by atoms with Crippen LogP contribution in [0.5, 0.6) is 11.5 Å². The lowest BCUT2D eigenvalue weighted by Crippen LogP contribution is -2.64. The van der Waals surface area contributed by atoms with Gasteiger partial charge in [-0.25, -0.2) is 4.79 Å². The summed E-state index contributed by atoms with van der Waals surface area (Å²) in [6.45, 7) is 8.66. The van der Waals surface area contributed by atoms with E-state index in [9.17, 15) is 15.0 Å². The first-order chi connectivity index (χ1) is 19.0. The van der Waals surface area contributed by atoms with Gasteiger partial charge >= 0.3 is 5.97 Å². The van der Waals surface area contributed by atoms with Gasteiger partial charge in [-0.2, -0.15) is 0 Å². The summed E-state index contributed by atoms with van der Waals surface area (Å²) in [5.74, 6) is 0.264. The molecule has 1 fully saturated rings. The van der Waals surface area contributed by atoms with Crippen LogP contribution in [0.25, 0.3) is 5.52 Å². The summed E-state index contributed by atoms with van der Waals surface area (Å²) in [5, 5.41) is 23.0. The zero-order valence-electron chi connectivity index (χ0n) is 23.4. The van der Waals surface area contributed by atoms with Gasteiger partial charge in [0.05, 0.1) is 16.7 Å². The van der Waals surface area contributed by atoms with Crippen LogP contribution in [-0.4, -0.2) is 63.4 Å². The lowest BCUT2D eigenvalue weighted by Gasteiger charge is -2.56. The van der Waals surface area contributed by atoms with Gasteiger partial charge in [0.25, 0.3) is 0 Å². The van der Waals surface area contributed by atoms with Gasteiger partial charge in [-0.05, 0) is 82.1 Å². The third kappa shape index (κ3) is 3.34. The predicted molar refractivity (Wildman–Crippen MR) is 153 cm³/mol. The number of pyridine rings is 1. The number of carbonyl (C=O) groups excluding carboxylic acids is 1. The average molecular weight is 563 g/mol. The number of aromatic nitrogens is 1. The Morgan fingerprint density at radius 3 is 2.75 bits per heavy atom. The van der Waals surface area contributed by atoms with E-state index in [0.29, 0.717) is 16.3 Å². The van der Waals surface area contributed by atoms with Gasteiger partial charge in [-0.1, -0.05) is 30.7 Å². The Bertz CT molecular complexity index is 1610. The van der Waals surface area contributed by atoms with Crippen molar-refractivity contribution in [2.75, 3.05) is 13.6 Å². The van der Waals surface area contributed by atoms with E-state index in [1.54, 1.807) is 0 Å². The number of phenols is 1. The first-order valence-corrected chi connectivity index (χ1v) is 14.5. The summed E-state index contributed by atoms with van der Waals surface area (Å²) in [4.78, 5) is 15.6. The molecule has 3 aromatic rings. The normalized spacial score (nSPS) is 29.0. The average Bonchev–Trinajstić information content (AvgIpc) is 3.44. The Balaban J connectivity index is 1.46. The molecule has 6 atom stereocenters. The number of likely N-dealkylation sites (N-methyl/N-ethyl adjacent to an activating group) is 1. The van der Waals surface area contributed by atoms with Crippen LogP contribution in [0.4, 0.5) is 0 Å². The highest BCUT2D eigenvalue weighted by Crippen LogP contribution is 2.63. The van der Waals surface area contributed by atoms with Crippen molar-refractivity contribution in [1.82, 2.24) is 9.30 Å². The maximum atomic E-state index is 13.2. The van der Waals surface area contributed by atoms with Gasteiger partial charge in [0.2, 0.25) is 0 Å². The highest BCUT2D eigenvalue weighted by molar-refractivity contribution is 6.31. The lowest BCUT2D eigenvalue weighted by atomic mass is 9.52. The number of esters is 1. The number of rotatable bonds is 4. The molecule has 40 heavy (non-hydrogen) atoms. The summed E-state index contributed by atoms with van der Waals surface area (Å²) < 4.78 is 14.1. The molecular formula is C32H35ClN2O5. The molecule has 7 nitrogen and oxygen atoms in total. The summed E-state index contributed by atoms with van der Waals surface area (Å²) in [6, 6.07) is 5.78. The minimum Gasteiger partial charge on any atom is -0.504 e. The van der Waals surface area contributed by atoms with Gasteiger partial charge in [0.1, 0.15) is 12.2 Å². The number of halogens is 1. The number of likely N-dealkylation sites (tertiary alicyclic amines) is 1. The molecule has 2 bridgehead atoms. The van der Waals surface area contributed by atoms with Crippen molar-refractivity contribution in [3.8, 4) is 11.5 Å². The van der Waals surface area contributed by atoms with Gasteiger partial charge in [0.15, 0.2) is 11.5 Å². The van der Waals surface area contributed by atoms with Crippen LogP contribution in [0.2, 0.25) is 5.02 Å². The number of aromatic hydroxyl groups is 1. The fraction of sp³-hybridized carbons (Fsp3) is 0.469. The largest absolute Gasteiger partial charge is 0.504 e. The summed E-state index contributed by atoms with van der Waals surface area (Å²) in [7, 11) is 2.18. The maximum absolute atomic E-state index is 13.2. The van der Waals surface area contributed by atoms with Crippen LogP contribution in [0.3, 0.4) is 0 Å². The highest BCUT2D eigenvalue weighted by Gasteiger charge is 2.64. The zero-order chi connectivity index (χ0) is 28.2. The molecule has 210 valence electrons. The molecule has 4 aliphatic rings. The quantitative estimate of drug-likeness (QED) is 0.339. The Hall–Kier alpha value is -3.00. The number of fused-ring (bicyclic) bond motifs is 1. The number of hydrogen-bond acceptors (Lipinski definition) is 6. The molecule has 0 radical (unpaired) electrons. The Morgan fingerprint density at radius 1 is 1.23 bits per heavy atom. The number of aliphatic hydroxyl groups is 1. The zero-order valence-corrected chi connectivity index (χ0v) is 24.2. The van der Waals surface area contributed by atoms with E-state index in [4.69, 9.17) is 21.1 Å². The molecule has 4 heterocycles. The number of benzene rings is 1. The smallest absolute Gasteiger partial charge is 0.338 e. The van der Waals surface area contributed by atoms with Crippen LogP contribution in [-0.2, 0) is 16.6 Å². The minimum absolute atomic E-state index is 0.0995. The van der Waals surface area contributed by atoms with Gasteiger partial charge in [-0.3, -0.25) is 0 Å². The fourth-order valence-electron chi connectivity index (χ4n) is 8.25. The Morgan fingerprint density at radius 2 is 2.00 bits per heavy atom. The summed E-state index contributed by atoms with van der Waals surface area (Å²) >= 11 is 6.48. The SMILES string of the molecule is Cc1c(C(=O)OC(C)C)cc2cc(Cl)cn2c1C(C)c1cc(O)c2c3c1C[C@@H]1[C@@H]4C=C[C@H](O)[C@H](O2)[C@]34CCN1C. The van der Waals surface area contributed by atoms with E-state index >= 15 is 0 Å². The molecule has 2 aliphatic carbocycles. The maximum Gasteiger partial charge on any atom is 0.338 e. The van der Waals surface area contributed by atoms with E-state index in [2.05, 4.69) is 29.3 Å². The highest BCUT2D eigenvalue weighted by atomic mass is 35.5. The van der Waals surface area contributed by atoms with Crippen molar-refractivity contribution in [3.05, 3.63) is 75.1 Å². The minimum atomic E-state index is -0.730. The van der Waals surface area contributed by atoms with Crippen molar-refractivity contribution < 1.29 is 24.5 Å². The Labute approximate surface area is 239 Å². The number of piperidine rings is 1. The van der Waals surface area contributed by atoms with Gasteiger partial charge in [-0.15, -0.1) is 0 Å². The monoisotopic (exact) mass is 562 g/mol. The molecule has 2 aliphatic heterocycles. The van der Waals surface area contributed by atoms with Crippen LogP contribution in [0.15, 0.2) is 36.5 Å². The first-order valence-electron chi connectivity index (χ1n) is 14.2. The second-order valence-electron chi connectivity index (χ2n) is 12.3. The van der Waals surface area contributed by atoms with Crippen LogP contribution < -0.4 is 4.74 Å². The number of aliphatic hydroxyl groups excluding tert-OH is 1. The molecule has 0 saturated carbocycles. The van der Waals surface area contributed by atoms with Gasteiger partial charge < -0.3 is 29.0 Å². The first kappa shape index (κ1) is 25.9. The Kier molecular flexibility index (Phi) is 5.67. The second kappa shape index (κ2) is 8.75. The second-order valence-corrected chi connectivity index (χ2v) is 12.8. The number of nitrogens with zero attached hydrogens (tertiary/aromatic N) is 2. The van der Waals surface area contributed by atoms with Crippen LogP contribution in [0, 0.1) is 12.8 Å². The molecule has 2 aromatic heterocycles. The number of hydrogen-bond donors (Lipinski definition) is 2. The molecule has 1 aromatic carbocycles. The van der Waals surface area contributed by atoms with Crippen molar-refractivity contribution in [1.29, 1.82) is 0 Å². The van der Waals surface area contributed by atoms with Crippen molar-refractivity contribution >= 4 is 23.1 Å². The summed E-state index contributed by atoms with van der Waals surface area (Å²) in [5.41, 5.74) is 5.93. The fourth-order valence-corrected chi connectivity index (χ4v) is 8.46. The number of ether oxygens (including phenoxy) is 2. The third-order valence-corrected chi connectivity index (χ3v) is 10.1. The van der Waals surface area contributed by atoms with E-state index in [1.807, 2.05) is 51.2 Å². The van der Waals surface area contributed by atoms with E-state index in [0.717, 1.165) is 47.3 Å². The molecule has 1 unspecified atom stereocenters. The predicted octanol–water partition coefficient (Wildman–Crippen LogP) is 5.13. The topological polar surface area (TPSA) is 83.6 Å². The molecule has 1 saturated heterocycles. The standard InChI is InChI=1S/C32H35ClN2O5/c1-15(2)39-31(38)21-11-19-10-18(33)14-35(19)28(17(21)4)16(3)20-13-26(37)29-27-22(20)12-24-23-6-7-25(36)30(40-29)32(23,27)8-9-34(24)5/h6-7,10-11,13-16,23-25,30,36-37H,8-9,12H2,1-5H3/t16?,23-,24+,25-,30-,32-/m0/s1. The van der Waals surface area contributed by atoms with Crippen LogP contribution in [0.1, 0.15) is 71.4 Å². The molecule has 0 amide bonds. The van der Waals surface area contributed by atoms with Gasteiger partial charge in [0, 0.05) is 46.3 Å². The summed E-state index contributed by atoms with van der Waals surface area (Å²) in [6.07, 6.45) is 6.19. The van der Waals surface area contributed by atoms with E-state index in [1.165, 1.54) is 5.56 Å². The molecule has 1 spiro atoms. The number of phenolic OH excluding ortho intramolecular Hbond substituents is 1. The van der Waals surface area contributed by atoms with Crippen LogP contribution >= 0.6 is 11.6 Å². The van der Waals surface area contributed by atoms with Crippen molar-refractivity contribution in [2.24, 2.45) is 5.92 Å². The molecule has 7 rings (SSSR count). The third-order valence-electron chi connectivity index (χ3n) is 9.91. The lowest BCUT2D eigenvalue weighted by molar-refractivity contribution is -0.0454. The van der Waals surface area contributed by atoms with Crippen molar-refractivity contribution in [2.45, 2.75) is 76.2 Å². The van der Waals surface area contributed by atoms with Crippen molar-refractivity contribution in [3.63, 3.8) is 0 Å². The molecule has 2 N–H and O–H groups in total. The molecular weight excluding hydrogens is 528 g/mol. The molecule has 8 heteroatoms. The number of carbonyl (C=O) groups is 1.